The van der Waals surface area contributed by atoms with Gasteiger partial charge in [0.2, 0.25) is 17.7 Å². The van der Waals surface area contributed by atoms with E-state index in [9.17, 15) is 19.2 Å². The van der Waals surface area contributed by atoms with Gasteiger partial charge >= 0.3 is 0 Å². The number of likely N-dealkylation sites (tertiary alicyclic amines) is 1. The van der Waals surface area contributed by atoms with Crippen molar-refractivity contribution in [2.75, 3.05) is 56.6 Å². The molecule has 1 aromatic carbocycles. The number of nitrogens with zero attached hydrogens (tertiary/aromatic N) is 4. The molecule has 0 saturated carbocycles. The quantitative estimate of drug-likeness (QED) is 0.624. The third kappa shape index (κ3) is 4.82. The van der Waals surface area contributed by atoms with Crippen molar-refractivity contribution < 1.29 is 19.2 Å². The predicted octanol–water partition coefficient (Wildman–Crippen LogP) is 1.22. The molecule has 0 aliphatic carbocycles. The molecule has 1 unspecified atom stereocenters. The third-order valence-electron chi connectivity index (χ3n) is 6.68. The number of carbonyl (C=O) groups excluding carboxylic acids is 4. The van der Waals surface area contributed by atoms with E-state index >= 15 is 0 Å². The molecule has 0 radical (unpaired) electrons. The minimum Gasteiger partial charge on any atom is -0.358 e. The summed E-state index contributed by atoms with van der Waals surface area (Å²) in [6.07, 6.45) is 4.95. The molecule has 9 nitrogen and oxygen atoms in total. The molecule has 3 heterocycles. The summed E-state index contributed by atoms with van der Waals surface area (Å²) < 4.78 is 0. The molecule has 2 fully saturated rings. The highest BCUT2D eigenvalue weighted by molar-refractivity contribution is 6.09. The molecule has 178 valence electrons. The number of nitrogens with one attached hydrogen (secondary N) is 1. The first-order valence-corrected chi connectivity index (χ1v) is 11.8. The van der Waals surface area contributed by atoms with Crippen LogP contribution in [0.4, 0.5) is 11.4 Å². The van der Waals surface area contributed by atoms with Crippen LogP contribution in [-0.4, -0.2) is 86.3 Å². The Morgan fingerprint density at radius 2 is 1.91 bits per heavy atom. The summed E-state index contributed by atoms with van der Waals surface area (Å²) in [6, 6.07) is 5.15. The molecule has 0 bridgehead atoms. The second-order valence-electron chi connectivity index (χ2n) is 9.22. The van der Waals surface area contributed by atoms with Crippen LogP contribution >= 0.6 is 0 Å². The second-order valence-corrected chi connectivity index (χ2v) is 9.22. The number of piperidine rings is 1. The Morgan fingerprint density at radius 1 is 1.09 bits per heavy atom. The van der Waals surface area contributed by atoms with Gasteiger partial charge in [0.25, 0.3) is 5.91 Å². The summed E-state index contributed by atoms with van der Waals surface area (Å²) in [7, 11) is 3.38. The van der Waals surface area contributed by atoms with Gasteiger partial charge in [-0.1, -0.05) is 0 Å². The topological polar surface area (TPSA) is 93.3 Å². The van der Waals surface area contributed by atoms with Crippen LogP contribution in [-0.2, 0) is 14.4 Å². The van der Waals surface area contributed by atoms with E-state index in [1.807, 2.05) is 11.0 Å². The number of hydrogen-bond acceptors (Lipinski definition) is 5. The highest BCUT2D eigenvalue weighted by Crippen LogP contribution is 2.40. The lowest BCUT2D eigenvalue weighted by atomic mass is 9.95. The largest absolute Gasteiger partial charge is 0.358 e. The van der Waals surface area contributed by atoms with Crippen molar-refractivity contribution in [1.82, 2.24) is 15.1 Å². The Kier molecular flexibility index (Phi) is 6.85. The van der Waals surface area contributed by atoms with Crippen molar-refractivity contribution in [2.24, 2.45) is 0 Å². The first-order chi connectivity index (χ1) is 15.9. The van der Waals surface area contributed by atoms with E-state index in [4.69, 9.17) is 0 Å². The van der Waals surface area contributed by atoms with Crippen molar-refractivity contribution in [3.8, 4) is 0 Å². The van der Waals surface area contributed by atoms with Gasteiger partial charge in [-0.3, -0.25) is 24.1 Å². The molecular weight excluding hydrogens is 422 g/mol. The SMILES string of the molecule is CN(C)C(=O)c1ccc2c(c1)N(CC(=O)NCCCN1CCCC1=O)C(=O)C1CCCCN21. The van der Waals surface area contributed by atoms with Crippen LogP contribution in [0.3, 0.4) is 0 Å². The predicted molar refractivity (Wildman–Crippen MR) is 125 cm³/mol. The molecule has 0 spiro atoms. The molecule has 1 aromatic rings. The average molecular weight is 456 g/mol. The van der Waals surface area contributed by atoms with E-state index in [2.05, 4.69) is 10.2 Å². The van der Waals surface area contributed by atoms with Gasteiger partial charge in [0, 0.05) is 52.3 Å². The molecule has 4 amide bonds. The van der Waals surface area contributed by atoms with E-state index in [-0.39, 0.29) is 36.2 Å². The Labute approximate surface area is 194 Å². The fraction of sp³-hybridized carbons (Fsp3) is 0.583. The number of amides is 4. The van der Waals surface area contributed by atoms with Crippen molar-refractivity contribution in [1.29, 1.82) is 0 Å². The van der Waals surface area contributed by atoms with Crippen molar-refractivity contribution in [2.45, 2.75) is 44.6 Å². The lowest BCUT2D eigenvalue weighted by molar-refractivity contribution is -0.127. The highest BCUT2D eigenvalue weighted by atomic mass is 16.2. The first-order valence-electron chi connectivity index (χ1n) is 11.8. The average Bonchev–Trinajstić information content (AvgIpc) is 3.23. The van der Waals surface area contributed by atoms with Crippen molar-refractivity contribution >= 4 is 35.0 Å². The van der Waals surface area contributed by atoms with E-state index in [1.165, 1.54) is 9.80 Å². The maximum Gasteiger partial charge on any atom is 0.253 e. The van der Waals surface area contributed by atoms with Crippen LogP contribution in [0.5, 0.6) is 0 Å². The normalized spacial score (nSPS) is 19.9. The zero-order valence-corrected chi connectivity index (χ0v) is 19.5. The lowest BCUT2D eigenvalue weighted by Gasteiger charge is -2.45. The Bertz CT molecular complexity index is 947. The van der Waals surface area contributed by atoms with Gasteiger partial charge in [-0.25, -0.2) is 0 Å². The fourth-order valence-electron chi connectivity index (χ4n) is 4.95. The first kappa shape index (κ1) is 23.1. The summed E-state index contributed by atoms with van der Waals surface area (Å²) in [6.45, 7) is 2.58. The fourth-order valence-corrected chi connectivity index (χ4v) is 4.95. The summed E-state index contributed by atoms with van der Waals surface area (Å²) in [4.78, 5) is 57.3. The molecule has 33 heavy (non-hydrogen) atoms. The number of benzene rings is 1. The van der Waals surface area contributed by atoms with Crippen molar-refractivity contribution in [3.05, 3.63) is 23.8 Å². The standard InChI is InChI=1S/C24H33N5O4/c1-26(2)23(32)17-9-10-18-20(15-17)29(24(33)19-7-3-4-14-28(18)19)16-21(30)25-11-6-13-27-12-5-8-22(27)31/h9-10,15,19H,3-8,11-14,16H2,1-2H3,(H,25,30). The van der Waals surface area contributed by atoms with E-state index in [0.717, 1.165) is 44.5 Å². The number of hydrogen-bond donors (Lipinski definition) is 1. The highest BCUT2D eigenvalue weighted by Gasteiger charge is 2.40. The third-order valence-corrected chi connectivity index (χ3v) is 6.68. The number of anilines is 2. The number of carbonyl (C=O) groups is 4. The van der Waals surface area contributed by atoms with Crippen LogP contribution < -0.4 is 15.1 Å². The van der Waals surface area contributed by atoms with Crippen LogP contribution in [0.1, 0.15) is 48.9 Å². The van der Waals surface area contributed by atoms with Crippen LogP contribution in [0.15, 0.2) is 18.2 Å². The summed E-state index contributed by atoms with van der Waals surface area (Å²) in [5.41, 5.74) is 2.00. The van der Waals surface area contributed by atoms with Gasteiger partial charge in [-0.05, 0) is 50.3 Å². The monoisotopic (exact) mass is 455 g/mol. The maximum atomic E-state index is 13.4. The van der Waals surface area contributed by atoms with Gasteiger partial charge in [-0.2, -0.15) is 0 Å². The maximum absolute atomic E-state index is 13.4. The van der Waals surface area contributed by atoms with Crippen LogP contribution in [0.25, 0.3) is 0 Å². The Hall–Kier alpha value is -3.10. The molecule has 1 atom stereocenters. The van der Waals surface area contributed by atoms with Crippen molar-refractivity contribution in [3.63, 3.8) is 0 Å². The van der Waals surface area contributed by atoms with Crippen LogP contribution in [0, 0.1) is 0 Å². The summed E-state index contributed by atoms with van der Waals surface area (Å²) >= 11 is 0. The smallest absolute Gasteiger partial charge is 0.253 e. The molecule has 0 aromatic heterocycles. The van der Waals surface area contributed by atoms with Gasteiger partial charge in [0.1, 0.15) is 12.6 Å². The minimum absolute atomic E-state index is 0.0849. The molecule has 3 aliphatic heterocycles. The van der Waals surface area contributed by atoms with Gasteiger partial charge in [-0.15, -0.1) is 0 Å². The second kappa shape index (κ2) is 9.80. The lowest BCUT2D eigenvalue weighted by Crippen LogP contribution is -2.57. The van der Waals surface area contributed by atoms with E-state index in [0.29, 0.717) is 37.2 Å². The van der Waals surface area contributed by atoms with Gasteiger partial charge < -0.3 is 20.0 Å². The molecule has 3 aliphatic rings. The summed E-state index contributed by atoms with van der Waals surface area (Å²) in [5, 5.41) is 2.89. The molecular formula is C24H33N5O4. The number of fused-ring (bicyclic) bond motifs is 3. The molecule has 4 rings (SSSR count). The minimum atomic E-state index is -0.268. The van der Waals surface area contributed by atoms with Crippen LogP contribution in [0.2, 0.25) is 0 Å². The van der Waals surface area contributed by atoms with E-state index in [1.54, 1.807) is 26.2 Å². The van der Waals surface area contributed by atoms with E-state index < -0.39 is 0 Å². The zero-order chi connectivity index (χ0) is 23.5. The van der Waals surface area contributed by atoms with Gasteiger partial charge in [0.05, 0.1) is 11.4 Å². The van der Waals surface area contributed by atoms with Gasteiger partial charge in [0.15, 0.2) is 0 Å². The Balaban J connectivity index is 1.47. The molecule has 1 N–H and O–H groups in total. The molecule has 2 saturated heterocycles. The molecule has 9 heteroatoms. The number of rotatable bonds is 7. The zero-order valence-electron chi connectivity index (χ0n) is 19.5. The Morgan fingerprint density at radius 3 is 2.64 bits per heavy atom. The summed E-state index contributed by atoms with van der Waals surface area (Å²) in [5.74, 6) is -0.297.